The van der Waals surface area contributed by atoms with E-state index < -0.39 is 0 Å². The van der Waals surface area contributed by atoms with Crippen molar-refractivity contribution in [2.24, 2.45) is 0 Å². The Hall–Kier alpha value is -10.3. The van der Waals surface area contributed by atoms with Gasteiger partial charge in [-0.15, -0.1) is 0 Å². The molecule has 8 heteroatoms. The van der Waals surface area contributed by atoms with Crippen molar-refractivity contribution >= 4 is 21.8 Å². The van der Waals surface area contributed by atoms with Gasteiger partial charge in [0.25, 0.3) is 0 Å². The number of nitriles is 4. The third-order valence-electron chi connectivity index (χ3n) is 12.4. The topological polar surface area (TPSA) is 139 Å². The van der Waals surface area contributed by atoms with Gasteiger partial charge in [-0.05, 0) is 118 Å². The van der Waals surface area contributed by atoms with Crippen molar-refractivity contribution in [1.82, 2.24) is 19.5 Å². The van der Waals surface area contributed by atoms with Gasteiger partial charge in [0.2, 0.25) is 0 Å². The van der Waals surface area contributed by atoms with Crippen molar-refractivity contribution in [2.75, 3.05) is 0 Å². The molecule has 0 spiro atoms. The Morgan fingerprint density at radius 3 is 0.957 bits per heavy atom. The second-order valence-corrected chi connectivity index (χ2v) is 16.5. The maximum atomic E-state index is 9.94. The lowest BCUT2D eigenvalue weighted by Gasteiger charge is -2.21. The summed E-state index contributed by atoms with van der Waals surface area (Å²) in [6.07, 6.45) is 0. The molecule has 0 bridgehead atoms. The minimum atomic E-state index is 0.473. The lowest BCUT2D eigenvalue weighted by atomic mass is 9.91. The van der Waals surface area contributed by atoms with Crippen LogP contribution in [0.4, 0.5) is 0 Å². The van der Waals surface area contributed by atoms with Gasteiger partial charge in [-0.3, -0.25) is 0 Å². The molecule has 2 aromatic heterocycles. The quantitative estimate of drug-likeness (QED) is 0.148. The monoisotopic (exact) mass is 878 g/mol. The third-order valence-corrected chi connectivity index (χ3v) is 12.4. The predicted molar refractivity (Wildman–Crippen MR) is 271 cm³/mol. The largest absolute Gasteiger partial charge is 0.308 e. The highest BCUT2D eigenvalue weighted by Crippen LogP contribution is 2.45. The second kappa shape index (κ2) is 17.6. The summed E-state index contributed by atoms with van der Waals surface area (Å²) in [6.45, 7) is 0. The first-order chi connectivity index (χ1) is 34.0. The van der Waals surface area contributed by atoms with Crippen molar-refractivity contribution in [3.8, 4) is 109 Å². The number of benzene rings is 9. The van der Waals surface area contributed by atoms with E-state index in [0.29, 0.717) is 39.7 Å². The van der Waals surface area contributed by atoms with Crippen LogP contribution in [0.1, 0.15) is 22.3 Å². The molecule has 318 valence electrons. The molecule has 0 N–H and O–H groups in total. The van der Waals surface area contributed by atoms with Gasteiger partial charge in [-0.2, -0.15) is 21.0 Å². The first kappa shape index (κ1) is 41.5. The van der Waals surface area contributed by atoms with Gasteiger partial charge in [0.15, 0.2) is 17.5 Å². The molecule has 69 heavy (non-hydrogen) atoms. The molecule has 0 saturated heterocycles. The average molecular weight is 879 g/mol. The van der Waals surface area contributed by atoms with E-state index in [9.17, 15) is 21.0 Å². The van der Waals surface area contributed by atoms with E-state index in [1.807, 2.05) is 158 Å². The molecule has 2 heterocycles. The van der Waals surface area contributed by atoms with E-state index in [1.54, 1.807) is 0 Å². The number of nitrogens with zero attached hydrogens (tertiary/aromatic N) is 8. The molecule has 0 aliphatic rings. The number of rotatable bonds is 8. The smallest absolute Gasteiger partial charge is 0.164 e. The van der Waals surface area contributed by atoms with Crippen molar-refractivity contribution in [3.63, 3.8) is 0 Å². The van der Waals surface area contributed by atoms with Gasteiger partial charge < -0.3 is 4.57 Å². The highest BCUT2D eigenvalue weighted by Gasteiger charge is 2.24. The van der Waals surface area contributed by atoms with Crippen LogP contribution in [-0.4, -0.2) is 19.5 Å². The first-order valence-corrected chi connectivity index (χ1v) is 22.1. The molecule has 11 rings (SSSR count). The first-order valence-electron chi connectivity index (χ1n) is 22.1. The van der Waals surface area contributed by atoms with E-state index in [0.717, 1.165) is 88.7 Å². The van der Waals surface area contributed by atoms with Crippen LogP contribution >= 0.6 is 0 Å². The fourth-order valence-electron chi connectivity index (χ4n) is 8.93. The summed E-state index contributed by atoms with van der Waals surface area (Å²) in [4.78, 5) is 15.3. The SMILES string of the molecule is N#Cc1ccc(-c2ccc3c(c2)c2cc(-c4ccc(C#N)cc4)ccc2n3-c2c(-c3ccc(C#N)cc3)cc(-c3nc(-c4ccccc4)nc(-c4ccccc4)n3)cc2-c2ccc(C#N)cc2)cc1. The second-order valence-electron chi connectivity index (χ2n) is 16.5. The molecule has 0 fully saturated rings. The molecule has 0 unspecified atom stereocenters. The summed E-state index contributed by atoms with van der Waals surface area (Å²) in [5.74, 6) is 1.53. The zero-order valence-corrected chi connectivity index (χ0v) is 36.7. The maximum absolute atomic E-state index is 9.94. The molecule has 8 nitrogen and oxygen atoms in total. The Balaban J connectivity index is 1.25. The molecule has 0 aliphatic carbocycles. The van der Waals surface area contributed by atoms with Gasteiger partial charge in [-0.25, -0.2) is 15.0 Å². The molecule has 0 amide bonds. The van der Waals surface area contributed by atoms with Crippen LogP contribution in [0, 0.1) is 45.3 Å². The van der Waals surface area contributed by atoms with Crippen molar-refractivity contribution in [1.29, 1.82) is 21.0 Å². The number of hydrogen-bond donors (Lipinski definition) is 0. The summed E-state index contributed by atoms with van der Waals surface area (Å²) in [7, 11) is 0. The molecule has 0 radical (unpaired) electrons. The molecular weight excluding hydrogens is 845 g/mol. The Morgan fingerprint density at radius 1 is 0.290 bits per heavy atom. The Bertz CT molecular complexity index is 3690. The summed E-state index contributed by atoms with van der Waals surface area (Å²) in [5, 5.41) is 41.0. The minimum absolute atomic E-state index is 0.473. The van der Waals surface area contributed by atoms with E-state index in [2.05, 4.69) is 77.4 Å². The third kappa shape index (κ3) is 7.79. The van der Waals surface area contributed by atoms with E-state index in [-0.39, 0.29) is 0 Å². The maximum Gasteiger partial charge on any atom is 0.164 e. The van der Waals surface area contributed by atoms with Crippen molar-refractivity contribution in [3.05, 3.63) is 229 Å². The Labute approximate surface area is 397 Å². The molecule has 11 aromatic rings. The number of aromatic nitrogens is 4. The zero-order chi connectivity index (χ0) is 46.8. The molecule has 0 atom stereocenters. The molecular formula is C61H34N8. The highest BCUT2D eigenvalue weighted by molar-refractivity contribution is 6.13. The lowest BCUT2D eigenvalue weighted by Crippen LogP contribution is -2.04. The van der Waals surface area contributed by atoms with Crippen LogP contribution < -0.4 is 0 Å². The number of fused-ring (bicyclic) bond motifs is 3. The van der Waals surface area contributed by atoms with Crippen LogP contribution in [0.15, 0.2) is 206 Å². The van der Waals surface area contributed by atoms with Crippen LogP contribution in [0.25, 0.3) is 106 Å². The summed E-state index contributed by atoms with van der Waals surface area (Å²) >= 11 is 0. The average Bonchev–Trinajstić information content (AvgIpc) is 3.75. The summed E-state index contributed by atoms with van der Waals surface area (Å²) in [6, 6.07) is 76.4. The van der Waals surface area contributed by atoms with Crippen LogP contribution in [0.5, 0.6) is 0 Å². The molecule has 0 aliphatic heterocycles. The highest BCUT2D eigenvalue weighted by atomic mass is 15.0. The predicted octanol–water partition coefficient (Wildman–Crippen LogP) is 14.1. The van der Waals surface area contributed by atoms with Gasteiger partial charge in [0.1, 0.15) is 0 Å². The van der Waals surface area contributed by atoms with Crippen molar-refractivity contribution in [2.45, 2.75) is 0 Å². The standard InChI is InChI=1S/C61H34N8/c62-35-39-11-19-43(20-12-39)49-27-29-56-54(31-49)55-32-50(44-21-13-40(36-63)14-22-44)28-30-57(55)69(56)58-52(45-23-15-41(37-64)16-24-45)33-51(34-53(58)46-25-17-42(38-65)18-26-46)61-67-59(47-7-3-1-4-8-47)66-60(68-61)48-9-5-2-6-10-48/h1-34H. The van der Waals surface area contributed by atoms with Crippen LogP contribution in [0.3, 0.4) is 0 Å². The normalized spacial score (nSPS) is 10.8. The van der Waals surface area contributed by atoms with Gasteiger partial charge in [0.05, 0.1) is 63.3 Å². The van der Waals surface area contributed by atoms with Crippen molar-refractivity contribution < 1.29 is 0 Å². The number of hydrogen-bond acceptors (Lipinski definition) is 7. The summed E-state index contributed by atoms with van der Waals surface area (Å²) < 4.78 is 2.30. The van der Waals surface area contributed by atoms with E-state index in [1.165, 1.54) is 0 Å². The minimum Gasteiger partial charge on any atom is -0.308 e. The fourth-order valence-corrected chi connectivity index (χ4v) is 8.93. The molecule has 0 saturated carbocycles. The Kier molecular flexibility index (Phi) is 10.6. The molecule has 9 aromatic carbocycles. The summed E-state index contributed by atoms with van der Waals surface area (Å²) in [5.41, 5.74) is 14.8. The van der Waals surface area contributed by atoms with Gasteiger partial charge >= 0.3 is 0 Å². The fraction of sp³-hybridized carbons (Fsp3) is 0. The zero-order valence-electron chi connectivity index (χ0n) is 36.7. The van der Waals surface area contributed by atoms with Gasteiger partial charge in [0, 0.05) is 38.6 Å². The van der Waals surface area contributed by atoms with E-state index in [4.69, 9.17) is 15.0 Å². The Morgan fingerprint density at radius 2 is 0.609 bits per heavy atom. The van der Waals surface area contributed by atoms with Crippen LogP contribution in [0.2, 0.25) is 0 Å². The van der Waals surface area contributed by atoms with Gasteiger partial charge in [-0.1, -0.05) is 121 Å². The van der Waals surface area contributed by atoms with E-state index >= 15 is 0 Å². The lowest BCUT2D eigenvalue weighted by molar-refractivity contribution is 1.07. The van der Waals surface area contributed by atoms with Crippen LogP contribution in [-0.2, 0) is 0 Å².